The largest absolute Gasteiger partial charge is 0.264 e. The normalized spacial score (nSPS) is 10.0. The fraction of sp³-hybridized carbons (Fsp3) is 0.154. The molecule has 0 N–H and O–H groups in total. The quantitative estimate of drug-likeness (QED) is 0.616. The van der Waals surface area contributed by atoms with E-state index in [0.29, 0.717) is 6.42 Å². The molecule has 1 nitrogen and oxygen atoms in total. The minimum absolute atomic E-state index is 0.648. The van der Waals surface area contributed by atoms with Crippen LogP contribution in [0.3, 0.4) is 0 Å². The van der Waals surface area contributed by atoms with Gasteiger partial charge in [-0.3, -0.25) is 4.98 Å². The average Bonchev–Trinajstić information content (AvgIpc) is 2.19. The van der Waals surface area contributed by atoms with Crippen molar-refractivity contribution < 1.29 is 0 Å². The van der Waals surface area contributed by atoms with Crippen molar-refractivity contribution in [3.05, 3.63) is 41.7 Å². The molecule has 0 aliphatic carbocycles. The molecule has 0 aliphatic heterocycles. The SMILES string of the molecule is C#CCc1cncc2cccc(C)c12. The van der Waals surface area contributed by atoms with Gasteiger partial charge in [-0.1, -0.05) is 18.2 Å². The summed E-state index contributed by atoms with van der Waals surface area (Å²) in [5, 5.41) is 2.42. The molecule has 0 bridgehead atoms. The molecule has 0 saturated heterocycles. The second-order valence-corrected chi connectivity index (χ2v) is 3.35. The topological polar surface area (TPSA) is 12.9 Å². The van der Waals surface area contributed by atoms with Crippen LogP contribution in [0.2, 0.25) is 0 Å². The van der Waals surface area contributed by atoms with Crippen LogP contribution >= 0.6 is 0 Å². The first kappa shape index (κ1) is 8.77. The Hall–Kier alpha value is -1.81. The smallest absolute Gasteiger partial charge is 0.0359 e. The highest BCUT2D eigenvalue weighted by molar-refractivity contribution is 5.87. The maximum atomic E-state index is 5.32. The van der Waals surface area contributed by atoms with Crippen LogP contribution in [0.4, 0.5) is 0 Å². The van der Waals surface area contributed by atoms with Gasteiger partial charge in [0.25, 0.3) is 0 Å². The molecule has 1 heterocycles. The lowest BCUT2D eigenvalue weighted by atomic mass is 10.0. The van der Waals surface area contributed by atoms with Crippen LogP contribution in [-0.4, -0.2) is 4.98 Å². The van der Waals surface area contributed by atoms with Crippen molar-refractivity contribution in [2.75, 3.05) is 0 Å². The van der Waals surface area contributed by atoms with Crippen LogP contribution in [0.15, 0.2) is 30.6 Å². The van der Waals surface area contributed by atoms with E-state index in [1.165, 1.54) is 10.9 Å². The number of pyridine rings is 1. The number of hydrogen-bond donors (Lipinski definition) is 0. The number of fused-ring (bicyclic) bond motifs is 1. The summed E-state index contributed by atoms with van der Waals surface area (Å²) < 4.78 is 0. The molecule has 2 rings (SSSR count). The van der Waals surface area contributed by atoms with E-state index in [1.807, 2.05) is 18.5 Å². The van der Waals surface area contributed by atoms with E-state index in [9.17, 15) is 0 Å². The second-order valence-electron chi connectivity index (χ2n) is 3.35. The lowest BCUT2D eigenvalue weighted by Gasteiger charge is -2.05. The van der Waals surface area contributed by atoms with Crippen molar-refractivity contribution in [2.24, 2.45) is 0 Å². The van der Waals surface area contributed by atoms with E-state index in [-0.39, 0.29) is 0 Å². The molecule has 2 aromatic rings. The molecule has 68 valence electrons. The Morgan fingerprint density at radius 3 is 3.00 bits per heavy atom. The van der Waals surface area contributed by atoms with E-state index in [4.69, 9.17) is 6.42 Å². The Morgan fingerprint density at radius 2 is 2.21 bits per heavy atom. The van der Waals surface area contributed by atoms with Gasteiger partial charge in [-0.15, -0.1) is 12.3 Å². The lowest BCUT2D eigenvalue weighted by molar-refractivity contribution is 1.24. The number of rotatable bonds is 1. The molecular formula is C13H11N. The van der Waals surface area contributed by atoms with Gasteiger partial charge in [-0.25, -0.2) is 0 Å². The van der Waals surface area contributed by atoms with Crippen LogP contribution in [0.5, 0.6) is 0 Å². The molecule has 0 amide bonds. The molecule has 0 spiro atoms. The van der Waals surface area contributed by atoms with Gasteiger partial charge in [0.05, 0.1) is 0 Å². The predicted molar refractivity (Wildman–Crippen MR) is 59.0 cm³/mol. The highest BCUT2D eigenvalue weighted by atomic mass is 14.6. The Labute approximate surface area is 83.8 Å². The number of hydrogen-bond acceptors (Lipinski definition) is 1. The summed E-state index contributed by atoms with van der Waals surface area (Å²) in [7, 11) is 0. The van der Waals surface area contributed by atoms with E-state index in [2.05, 4.69) is 30.0 Å². The minimum Gasteiger partial charge on any atom is -0.264 e. The van der Waals surface area contributed by atoms with Crippen molar-refractivity contribution in [2.45, 2.75) is 13.3 Å². The monoisotopic (exact) mass is 181 g/mol. The minimum atomic E-state index is 0.648. The molecular weight excluding hydrogens is 170 g/mol. The van der Waals surface area contributed by atoms with Crippen molar-refractivity contribution in [1.29, 1.82) is 0 Å². The van der Waals surface area contributed by atoms with E-state index < -0.39 is 0 Å². The Balaban J connectivity index is 2.79. The molecule has 0 saturated carbocycles. The predicted octanol–water partition coefficient (Wildman–Crippen LogP) is 2.72. The number of aryl methyl sites for hydroxylation is 1. The summed E-state index contributed by atoms with van der Waals surface area (Å²) >= 11 is 0. The van der Waals surface area contributed by atoms with E-state index in [1.54, 1.807) is 0 Å². The Kier molecular flexibility index (Phi) is 2.20. The molecule has 1 aromatic heterocycles. The van der Waals surface area contributed by atoms with E-state index in [0.717, 1.165) is 10.9 Å². The van der Waals surface area contributed by atoms with Crippen molar-refractivity contribution in [1.82, 2.24) is 4.98 Å². The summed E-state index contributed by atoms with van der Waals surface area (Å²) in [5.41, 5.74) is 2.40. The van der Waals surface area contributed by atoms with Crippen LogP contribution < -0.4 is 0 Å². The first-order valence-electron chi connectivity index (χ1n) is 4.58. The fourth-order valence-electron chi connectivity index (χ4n) is 1.75. The van der Waals surface area contributed by atoms with Crippen molar-refractivity contribution >= 4 is 10.8 Å². The van der Waals surface area contributed by atoms with Gasteiger partial charge >= 0.3 is 0 Å². The van der Waals surface area contributed by atoms with Gasteiger partial charge in [0, 0.05) is 24.2 Å². The van der Waals surface area contributed by atoms with Crippen molar-refractivity contribution in [3.8, 4) is 12.3 Å². The molecule has 0 fully saturated rings. The van der Waals surface area contributed by atoms with Crippen LogP contribution in [0, 0.1) is 19.3 Å². The maximum absolute atomic E-state index is 5.32. The zero-order valence-electron chi connectivity index (χ0n) is 8.12. The molecule has 1 aromatic carbocycles. The zero-order chi connectivity index (χ0) is 9.97. The number of benzene rings is 1. The van der Waals surface area contributed by atoms with Gasteiger partial charge in [0.2, 0.25) is 0 Å². The average molecular weight is 181 g/mol. The van der Waals surface area contributed by atoms with Crippen molar-refractivity contribution in [3.63, 3.8) is 0 Å². The third-order valence-electron chi connectivity index (χ3n) is 2.36. The molecule has 0 unspecified atom stereocenters. The molecule has 0 radical (unpaired) electrons. The number of aromatic nitrogens is 1. The number of terminal acetylenes is 1. The third kappa shape index (κ3) is 1.36. The van der Waals surface area contributed by atoms with Crippen LogP contribution in [0.1, 0.15) is 11.1 Å². The van der Waals surface area contributed by atoms with Gasteiger partial charge in [-0.2, -0.15) is 0 Å². The highest BCUT2D eigenvalue weighted by Gasteiger charge is 2.02. The fourth-order valence-corrected chi connectivity index (χ4v) is 1.75. The first-order chi connectivity index (χ1) is 6.83. The summed E-state index contributed by atoms with van der Waals surface area (Å²) in [5.74, 6) is 2.66. The molecule has 0 atom stereocenters. The molecule has 0 aliphatic rings. The van der Waals surface area contributed by atoms with Gasteiger partial charge in [-0.05, 0) is 23.4 Å². The highest BCUT2D eigenvalue weighted by Crippen LogP contribution is 2.21. The first-order valence-corrected chi connectivity index (χ1v) is 4.58. The third-order valence-corrected chi connectivity index (χ3v) is 2.36. The Bertz CT molecular complexity index is 501. The molecule has 1 heteroatoms. The van der Waals surface area contributed by atoms with E-state index >= 15 is 0 Å². The summed E-state index contributed by atoms with van der Waals surface area (Å²) in [4.78, 5) is 4.18. The van der Waals surface area contributed by atoms with Gasteiger partial charge < -0.3 is 0 Å². The summed E-state index contributed by atoms with van der Waals surface area (Å²) in [6, 6.07) is 6.21. The van der Waals surface area contributed by atoms with Gasteiger partial charge in [0.15, 0.2) is 0 Å². The summed E-state index contributed by atoms with van der Waals surface area (Å²) in [6.45, 7) is 2.10. The Morgan fingerprint density at radius 1 is 1.36 bits per heavy atom. The van der Waals surface area contributed by atoms with Crippen LogP contribution in [-0.2, 0) is 6.42 Å². The second kappa shape index (κ2) is 3.51. The standard InChI is InChI=1S/C13H11N/c1-3-5-11-8-14-9-12-7-4-6-10(2)13(11)12/h1,4,6-9H,5H2,2H3. The maximum Gasteiger partial charge on any atom is 0.0359 e. The van der Waals surface area contributed by atoms with Gasteiger partial charge in [0.1, 0.15) is 0 Å². The molecule has 14 heavy (non-hydrogen) atoms. The number of nitrogens with zero attached hydrogens (tertiary/aromatic N) is 1. The lowest BCUT2D eigenvalue weighted by Crippen LogP contribution is -1.89. The van der Waals surface area contributed by atoms with Crippen LogP contribution in [0.25, 0.3) is 10.8 Å². The zero-order valence-corrected chi connectivity index (χ0v) is 8.12. The summed E-state index contributed by atoms with van der Waals surface area (Å²) in [6.07, 6.45) is 9.71.